The molecule has 1 aromatic heterocycles. The molecule has 1 aromatic carbocycles. The first-order valence-electron chi connectivity index (χ1n) is 11.2. The molecule has 2 aromatic rings. The third-order valence-corrected chi connectivity index (χ3v) is 6.42. The Balaban J connectivity index is 1.26. The summed E-state index contributed by atoms with van der Waals surface area (Å²) in [4.78, 5) is 19.0. The van der Waals surface area contributed by atoms with Gasteiger partial charge < -0.3 is 14.7 Å². The van der Waals surface area contributed by atoms with Gasteiger partial charge in [0, 0.05) is 45.7 Å². The van der Waals surface area contributed by atoms with Crippen molar-refractivity contribution >= 4 is 29.1 Å². The highest BCUT2D eigenvalue weighted by molar-refractivity contribution is 6.30. The van der Waals surface area contributed by atoms with E-state index in [-0.39, 0.29) is 10.9 Å². The number of carbonyl (C=O) groups excluding carboxylic acids is 1. The van der Waals surface area contributed by atoms with E-state index >= 15 is 0 Å². The van der Waals surface area contributed by atoms with Crippen LogP contribution in [0.25, 0.3) is 0 Å². The van der Waals surface area contributed by atoms with Gasteiger partial charge in [0.15, 0.2) is 11.6 Å². The average molecular weight is 446 g/mol. The zero-order valence-corrected chi connectivity index (χ0v) is 18.5. The lowest BCUT2D eigenvalue weighted by molar-refractivity contribution is -0.131. The number of amides is 1. The molecule has 166 valence electrons. The van der Waals surface area contributed by atoms with Crippen LogP contribution >= 0.6 is 11.6 Å². The van der Waals surface area contributed by atoms with Crippen molar-refractivity contribution in [3.63, 3.8) is 0 Å². The molecule has 0 radical (unpaired) electrons. The quantitative estimate of drug-likeness (QED) is 0.698. The summed E-state index contributed by atoms with van der Waals surface area (Å²) >= 11 is 5.82. The summed E-state index contributed by atoms with van der Waals surface area (Å²) in [5.41, 5.74) is 0.873. The molecule has 0 N–H and O–H groups in total. The molecule has 8 heteroatoms. The van der Waals surface area contributed by atoms with Crippen LogP contribution in [0, 0.1) is 5.82 Å². The molecule has 2 aliphatic heterocycles. The van der Waals surface area contributed by atoms with Gasteiger partial charge in [0.1, 0.15) is 5.82 Å². The van der Waals surface area contributed by atoms with Gasteiger partial charge >= 0.3 is 0 Å². The molecule has 0 saturated carbocycles. The zero-order chi connectivity index (χ0) is 21.6. The molecular formula is C23H29ClFN5O. The Hall–Kier alpha value is -2.41. The molecule has 3 heterocycles. The molecule has 1 amide bonds. The number of carbonyl (C=O) groups is 1. The number of anilines is 2. The standard InChI is InChI=1S/C23H29ClFN5O/c24-19-17-18(5-7-20(19)25)6-10-23(31)30-15-13-29(14-16-30)22-9-8-21(26-27-22)28-11-3-1-2-4-12-28/h5,7-9,17H,1-4,6,10-16H2. The van der Waals surface area contributed by atoms with Gasteiger partial charge in [-0.25, -0.2) is 4.39 Å². The first-order valence-corrected chi connectivity index (χ1v) is 11.5. The van der Waals surface area contributed by atoms with Crippen LogP contribution in [0.1, 0.15) is 37.7 Å². The van der Waals surface area contributed by atoms with E-state index in [1.54, 1.807) is 12.1 Å². The number of hydrogen-bond acceptors (Lipinski definition) is 5. The maximum absolute atomic E-state index is 13.3. The Labute approximate surface area is 188 Å². The molecule has 2 fully saturated rings. The molecule has 2 saturated heterocycles. The van der Waals surface area contributed by atoms with Crippen LogP contribution in [0.5, 0.6) is 0 Å². The first kappa shape index (κ1) is 21.8. The number of nitrogens with zero attached hydrogens (tertiary/aromatic N) is 5. The lowest BCUT2D eigenvalue weighted by Gasteiger charge is -2.35. The summed E-state index contributed by atoms with van der Waals surface area (Å²) in [5.74, 6) is 1.50. The minimum Gasteiger partial charge on any atom is -0.355 e. The second-order valence-corrected chi connectivity index (χ2v) is 8.67. The van der Waals surface area contributed by atoms with E-state index in [0.717, 1.165) is 43.4 Å². The van der Waals surface area contributed by atoms with Crippen LogP contribution in [0.15, 0.2) is 30.3 Å². The van der Waals surface area contributed by atoms with Crippen molar-refractivity contribution in [3.05, 3.63) is 46.7 Å². The normalized spacial score (nSPS) is 17.5. The lowest BCUT2D eigenvalue weighted by Crippen LogP contribution is -2.49. The summed E-state index contributed by atoms with van der Waals surface area (Å²) < 4.78 is 13.3. The second kappa shape index (κ2) is 10.3. The van der Waals surface area contributed by atoms with Gasteiger partial charge in [-0.05, 0) is 49.1 Å². The maximum Gasteiger partial charge on any atom is 0.223 e. The highest BCUT2D eigenvalue weighted by Gasteiger charge is 2.22. The molecule has 4 rings (SSSR count). The van der Waals surface area contributed by atoms with Gasteiger partial charge in [-0.2, -0.15) is 0 Å². The Morgan fingerprint density at radius 3 is 2.06 bits per heavy atom. The number of rotatable bonds is 5. The first-order chi connectivity index (χ1) is 15.1. The van der Waals surface area contributed by atoms with Crippen molar-refractivity contribution in [1.29, 1.82) is 0 Å². The molecule has 31 heavy (non-hydrogen) atoms. The van der Waals surface area contributed by atoms with Crippen molar-refractivity contribution in [2.24, 2.45) is 0 Å². The van der Waals surface area contributed by atoms with E-state index in [4.69, 9.17) is 11.6 Å². The number of piperazine rings is 1. The molecule has 2 aliphatic rings. The van der Waals surface area contributed by atoms with E-state index < -0.39 is 5.82 Å². The Morgan fingerprint density at radius 1 is 0.871 bits per heavy atom. The largest absolute Gasteiger partial charge is 0.355 e. The molecule has 0 spiro atoms. The minimum atomic E-state index is -0.435. The van der Waals surface area contributed by atoms with Crippen LogP contribution < -0.4 is 9.80 Å². The van der Waals surface area contributed by atoms with Gasteiger partial charge in [-0.15, -0.1) is 10.2 Å². The fourth-order valence-electron chi connectivity index (χ4n) is 4.24. The Morgan fingerprint density at radius 2 is 1.48 bits per heavy atom. The molecule has 6 nitrogen and oxygen atoms in total. The Kier molecular flexibility index (Phi) is 7.22. The van der Waals surface area contributed by atoms with E-state index in [1.807, 2.05) is 11.0 Å². The van der Waals surface area contributed by atoms with Gasteiger partial charge in [-0.3, -0.25) is 4.79 Å². The number of aromatic nitrogens is 2. The predicted molar refractivity (Wildman–Crippen MR) is 121 cm³/mol. The van der Waals surface area contributed by atoms with Crippen LogP contribution in [0.4, 0.5) is 16.0 Å². The SMILES string of the molecule is O=C(CCc1ccc(F)c(Cl)c1)N1CCN(c2ccc(N3CCCCCC3)nn2)CC1. The van der Waals surface area contributed by atoms with Crippen LogP contribution in [0.3, 0.4) is 0 Å². The van der Waals surface area contributed by atoms with Gasteiger partial charge in [-0.1, -0.05) is 30.5 Å². The van der Waals surface area contributed by atoms with E-state index in [0.29, 0.717) is 25.9 Å². The highest BCUT2D eigenvalue weighted by atomic mass is 35.5. The summed E-state index contributed by atoms with van der Waals surface area (Å²) in [7, 11) is 0. The summed E-state index contributed by atoms with van der Waals surface area (Å²) in [5, 5.41) is 9.02. The van der Waals surface area contributed by atoms with Crippen molar-refractivity contribution in [2.75, 3.05) is 49.1 Å². The topological polar surface area (TPSA) is 52.6 Å². The van der Waals surface area contributed by atoms with Crippen molar-refractivity contribution < 1.29 is 9.18 Å². The third kappa shape index (κ3) is 5.64. The smallest absolute Gasteiger partial charge is 0.223 e. The zero-order valence-electron chi connectivity index (χ0n) is 17.8. The predicted octanol–water partition coefficient (Wildman–Crippen LogP) is 3.93. The molecule has 0 atom stereocenters. The second-order valence-electron chi connectivity index (χ2n) is 8.27. The molecule has 0 aliphatic carbocycles. The van der Waals surface area contributed by atoms with Gasteiger partial charge in [0.25, 0.3) is 0 Å². The minimum absolute atomic E-state index is 0.0986. The monoisotopic (exact) mass is 445 g/mol. The third-order valence-electron chi connectivity index (χ3n) is 6.13. The summed E-state index contributed by atoms with van der Waals surface area (Å²) in [6.45, 7) is 4.92. The maximum atomic E-state index is 13.3. The lowest BCUT2D eigenvalue weighted by atomic mass is 10.1. The van der Waals surface area contributed by atoms with Crippen LogP contribution in [-0.4, -0.2) is 60.3 Å². The fraction of sp³-hybridized carbons (Fsp3) is 0.522. The van der Waals surface area contributed by atoms with Crippen molar-refractivity contribution in [3.8, 4) is 0 Å². The van der Waals surface area contributed by atoms with Crippen molar-refractivity contribution in [1.82, 2.24) is 15.1 Å². The number of aryl methyl sites for hydroxylation is 1. The Bertz CT molecular complexity index is 878. The number of halogens is 2. The van der Waals surface area contributed by atoms with E-state index in [1.165, 1.54) is 31.7 Å². The van der Waals surface area contributed by atoms with Gasteiger partial charge in [0.05, 0.1) is 5.02 Å². The van der Waals surface area contributed by atoms with Crippen molar-refractivity contribution in [2.45, 2.75) is 38.5 Å². The number of benzene rings is 1. The number of hydrogen-bond donors (Lipinski definition) is 0. The molecule has 0 unspecified atom stereocenters. The van der Waals surface area contributed by atoms with Crippen LogP contribution in [0.2, 0.25) is 5.02 Å². The van der Waals surface area contributed by atoms with E-state index in [9.17, 15) is 9.18 Å². The highest BCUT2D eigenvalue weighted by Crippen LogP contribution is 2.21. The van der Waals surface area contributed by atoms with Crippen LogP contribution in [-0.2, 0) is 11.2 Å². The summed E-state index contributed by atoms with van der Waals surface area (Å²) in [6.07, 6.45) is 5.97. The summed E-state index contributed by atoms with van der Waals surface area (Å²) in [6, 6.07) is 8.73. The van der Waals surface area contributed by atoms with E-state index in [2.05, 4.69) is 26.1 Å². The van der Waals surface area contributed by atoms with Gasteiger partial charge in [0.2, 0.25) is 5.91 Å². The fourth-order valence-corrected chi connectivity index (χ4v) is 4.45. The average Bonchev–Trinajstić information content (AvgIpc) is 3.09. The molecular weight excluding hydrogens is 417 g/mol. The molecule has 0 bridgehead atoms.